The molecule has 1 aromatic heterocycles. The van der Waals surface area contributed by atoms with Gasteiger partial charge in [0.25, 0.3) is 0 Å². The molecule has 0 radical (unpaired) electrons. The van der Waals surface area contributed by atoms with Gasteiger partial charge in [0.05, 0.1) is 19.0 Å². The number of nitrogens with zero attached hydrogens (tertiary/aromatic N) is 2. The average molecular weight is 287 g/mol. The number of methoxy groups -OCH3 is 1. The highest BCUT2D eigenvalue weighted by molar-refractivity contribution is 6.35. The summed E-state index contributed by atoms with van der Waals surface area (Å²) < 4.78 is 5.12. The van der Waals surface area contributed by atoms with E-state index in [9.17, 15) is 4.79 Å². The van der Waals surface area contributed by atoms with Gasteiger partial charge in [-0.25, -0.2) is 9.97 Å². The van der Waals surface area contributed by atoms with Gasteiger partial charge in [0, 0.05) is 17.0 Å². The fraction of sp³-hybridized carbons (Fsp3) is 0.182. The first-order valence-corrected chi connectivity index (χ1v) is 5.68. The van der Waals surface area contributed by atoms with Crippen LogP contribution in [0.5, 0.6) is 5.75 Å². The molecule has 0 unspecified atom stereocenters. The molecule has 0 aliphatic heterocycles. The summed E-state index contributed by atoms with van der Waals surface area (Å²) >= 11 is 11.6. The third kappa shape index (κ3) is 2.47. The Bertz CT molecular complexity index is 631. The van der Waals surface area contributed by atoms with Crippen LogP contribution in [0.2, 0.25) is 10.4 Å². The molecule has 1 N–H and O–H groups in total. The van der Waals surface area contributed by atoms with Crippen LogP contribution in [0.15, 0.2) is 12.1 Å². The van der Waals surface area contributed by atoms with Crippen LogP contribution < -0.4 is 4.74 Å². The van der Waals surface area contributed by atoms with Crippen LogP contribution in [0.25, 0.3) is 10.9 Å². The largest absolute Gasteiger partial charge is 0.496 e. The number of aliphatic carboxylic acids is 1. The van der Waals surface area contributed by atoms with Crippen LogP contribution in [0.3, 0.4) is 0 Å². The highest BCUT2D eigenvalue weighted by Crippen LogP contribution is 2.29. The minimum Gasteiger partial charge on any atom is -0.496 e. The smallest absolute Gasteiger partial charge is 0.307 e. The third-order valence-corrected chi connectivity index (χ3v) is 2.82. The molecule has 7 heteroatoms. The zero-order chi connectivity index (χ0) is 13.3. The van der Waals surface area contributed by atoms with E-state index in [4.69, 9.17) is 33.0 Å². The molecule has 0 amide bonds. The van der Waals surface area contributed by atoms with Crippen LogP contribution in [-0.4, -0.2) is 28.2 Å². The van der Waals surface area contributed by atoms with E-state index in [2.05, 4.69) is 9.97 Å². The second-order valence-electron chi connectivity index (χ2n) is 3.54. The number of rotatable bonds is 3. The number of halogens is 2. The number of aromatic nitrogens is 2. The maximum Gasteiger partial charge on any atom is 0.307 e. The third-order valence-electron chi connectivity index (χ3n) is 2.37. The molecule has 1 heterocycles. The molecule has 0 aliphatic carbocycles. The predicted octanol–water partition coefficient (Wildman–Crippen LogP) is 2.57. The molecular formula is C11H8Cl2N2O3. The Balaban J connectivity index is 2.68. The van der Waals surface area contributed by atoms with Crippen LogP contribution >= 0.6 is 23.2 Å². The number of ether oxygens (including phenoxy) is 1. The van der Waals surface area contributed by atoms with E-state index in [1.54, 1.807) is 12.1 Å². The van der Waals surface area contributed by atoms with Gasteiger partial charge in [-0.3, -0.25) is 4.79 Å². The Kier molecular flexibility index (Phi) is 3.54. The average Bonchev–Trinajstić information content (AvgIpc) is 2.28. The number of hydrogen-bond acceptors (Lipinski definition) is 4. The summed E-state index contributed by atoms with van der Waals surface area (Å²) in [5.41, 5.74) is 1.01. The number of carboxylic acids is 1. The molecule has 0 saturated carbocycles. The predicted molar refractivity (Wildman–Crippen MR) is 67.4 cm³/mol. The van der Waals surface area contributed by atoms with Crippen molar-refractivity contribution in [1.29, 1.82) is 0 Å². The summed E-state index contributed by atoms with van der Waals surface area (Å²) in [6.45, 7) is 0. The monoisotopic (exact) mass is 286 g/mol. The lowest BCUT2D eigenvalue weighted by Gasteiger charge is -2.09. The number of fused-ring (bicyclic) bond motifs is 1. The molecular weight excluding hydrogens is 279 g/mol. The number of benzene rings is 1. The highest BCUT2D eigenvalue weighted by atomic mass is 35.5. The first-order chi connectivity index (χ1) is 8.51. The minimum absolute atomic E-state index is 0.0283. The van der Waals surface area contributed by atoms with Crippen molar-refractivity contribution in [1.82, 2.24) is 9.97 Å². The van der Waals surface area contributed by atoms with Gasteiger partial charge in [-0.15, -0.1) is 0 Å². The quantitative estimate of drug-likeness (QED) is 0.693. The minimum atomic E-state index is -0.960. The first kappa shape index (κ1) is 12.9. The van der Waals surface area contributed by atoms with E-state index in [1.165, 1.54) is 7.11 Å². The summed E-state index contributed by atoms with van der Waals surface area (Å²) in [7, 11) is 1.46. The SMILES string of the molecule is COc1cc2nc(Cl)nc(Cl)c2cc1CC(=O)O. The van der Waals surface area contributed by atoms with Crippen molar-refractivity contribution in [3.05, 3.63) is 28.1 Å². The summed E-state index contributed by atoms with van der Waals surface area (Å²) in [6.07, 6.45) is -0.169. The fourth-order valence-electron chi connectivity index (χ4n) is 1.63. The Hall–Kier alpha value is -1.59. The van der Waals surface area contributed by atoms with Crippen molar-refractivity contribution in [2.45, 2.75) is 6.42 Å². The fourth-order valence-corrected chi connectivity index (χ4v) is 2.08. The van der Waals surface area contributed by atoms with Crippen molar-refractivity contribution in [3.63, 3.8) is 0 Å². The first-order valence-electron chi connectivity index (χ1n) is 4.92. The van der Waals surface area contributed by atoms with Crippen molar-refractivity contribution in [2.75, 3.05) is 7.11 Å². The number of carbonyl (C=O) groups is 1. The zero-order valence-corrected chi connectivity index (χ0v) is 10.8. The van der Waals surface area contributed by atoms with Gasteiger partial charge in [0.2, 0.25) is 5.28 Å². The molecule has 0 bridgehead atoms. The van der Waals surface area contributed by atoms with Crippen LogP contribution in [-0.2, 0) is 11.2 Å². The van der Waals surface area contributed by atoms with Gasteiger partial charge in [-0.1, -0.05) is 11.6 Å². The zero-order valence-electron chi connectivity index (χ0n) is 9.28. The molecule has 94 valence electrons. The molecule has 0 aliphatic rings. The van der Waals surface area contributed by atoms with Crippen molar-refractivity contribution >= 4 is 40.1 Å². The lowest BCUT2D eigenvalue weighted by Crippen LogP contribution is -2.03. The summed E-state index contributed by atoms with van der Waals surface area (Å²) in [4.78, 5) is 18.6. The van der Waals surface area contributed by atoms with E-state index in [1.807, 2.05) is 0 Å². The molecule has 0 spiro atoms. The molecule has 2 aromatic rings. The van der Waals surface area contributed by atoms with E-state index in [-0.39, 0.29) is 16.9 Å². The summed E-state index contributed by atoms with van der Waals surface area (Å²) in [5.74, 6) is -0.533. The van der Waals surface area contributed by atoms with Gasteiger partial charge < -0.3 is 9.84 Å². The lowest BCUT2D eigenvalue weighted by atomic mass is 10.1. The molecule has 0 saturated heterocycles. The Morgan fingerprint density at radius 1 is 1.39 bits per heavy atom. The van der Waals surface area contributed by atoms with Gasteiger partial charge in [-0.05, 0) is 17.7 Å². The highest BCUT2D eigenvalue weighted by Gasteiger charge is 2.13. The van der Waals surface area contributed by atoms with Crippen molar-refractivity contribution < 1.29 is 14.6 Å². The molecule has 2 rings (SSSR count). The Morgan fingerprint density at radius 3 is 2.72 bits per heavy atom. The molecule has 18 heavy (non-hydrogen) atoms. The lowest BCUT2D eigenvalue weighted by molar-refractivity contribution is -0.136. The van der Waals surface area contributed by atoms with Crippen molar-refractivity contribution in [3.8, 4) is 5.75 Å². The van der Waals surface area contributed by atoms with Crippen LogP contribution in [0, 0.1) is 0 Å². The second kappa shape index (κ2) is 4.96. The standard InChI is InChI=1S/C11H8Cl2N2O3/c1-18-8-4-7-6(2-5(8)3-9(16)17)10(12)15-11(13)14-7/h2,4H,3H2,1H3,(H,16,17). The van der Waals surface area contributed by atoms with Gasteiger partial charge in [0.15, 0.2) is 0 Å². The van der Waals surface area contributed by atoms with Gasteiger partial charge in [0.1, 0.15) is 10.9 Å². The molecule has 0 fully saturated rings. The maximum absolute atomic E-state index is 10.8. The van der Waals surface area contributed by atoms with Gasteiger partial charge >= 0.3 is 5.97 Å². The van der Waals surface area contributed by atoms with E-state index < -0.39 is 5.97 Å². The number of hydrogen-bond donors (Lipinski definition) is 1. The Labute approximate surface area is 112 Å². The molecule has 5 nitrogen and oxygen atoms in total. The van der Waals surface area contributed by atoms with E-state index in [0.717, 1.165) is 0 Å². The second-order valence-corrected chi connectivity index (χ2v) is 4.23. The van der Waals surface area contributed by atoms with Gasteiger partial charge in [-0.2, -0.15) is 0 Å². The van der Waals surface area contributed by atoms with Crippen LogP contribution in [0.4, 0.5) is 0 Å². The summed E-state index contributed by atoms with van der Waals surface area (Å²) in [6, 6.07) is 3.19. The van der Waals surface area contributed by atoms with E-state index >= 15 is 0 Å². The normalized spacial score (nSPS) is 10.6. The maximum atomic E-state index is 10.8. The Morgan fingerprint density at radius 2 is 2.11 bits per heavy atom. The molecule has 1 aromatic carbocycles. The summed E-state index contributed by atoms with van der Waals surface area (Å²) in [5, 5.41) is 9.58. The van der Waals surface area contributed by atoms with Crippen molar-refractivity contribution in [2.24, 2.45) is 0 Å². The topological polar surface area (TPSA) is 72.3 Å². The molecule has 0 atom stereocenters. The van der Waals surface area contributed by atoms with Crippen LogP contribution in [0.1, 0.15) is 5.56 Å². The van der Waals surface area contributed by atoms with E-state index in [0.29, 0.717) is 22.2 Å². The number of carboxylic acid groups (broad SMARTS) is 1.